The molecular formula is C28H29N3O2. The van der Waals surface area contributed by atoms with Crippen molar-refractivity contribution in [3.8, 4) is 0 Å². The van der Waals surface area contributed by atoms with Crippen LogP contribution in [0.25, 0.3) is 10.9 Å². The molecule has 0 aliphatic carbocycles. The van der Waals surface area contributed by atoms with E-state index in [1.165, 1.54) is 5.56 Å². The van der Waals surface area contributed by atoms with Gasteiger partial charge >= 0.3 is 6.03 Å². The molecule has 4 aromatic rings. The number of aromatic amines is 1. The van der Waals surface area contributed by atoms with Gasteiger partial charge in [0.15, 0.2) is 0 Å². The van der Waals surface area contributed by atoms with E-state index in [4.69, 9.17) is 0 Å². The van der Waals surface area contributed by atoms with E-state index in [2.05, 4.69) is 35.4 Å². The number of hydrogen-bond acceptors (Lipinski definition) is 2. The van der Waals surface area contributed by atoms with E-state index in [1.54, 1.807) is 4.90 Å². The summed E-state index contributed by atoms with van der Waals surface area (Å²) in [5.41, 5.74) is 4.63. The molecule has 3 aromatic carbocycles. The molecule has 0 fully saturated rings. The molecule has 1 aromatic heterocycles. The van der Waals surface area contributed by atoms with Crippen molar-refractivity contribution in [1.29, 1.82) is 0 Å². The lowest BCUT2D eigenvalue weighted by molar-refractivity contribution is 0.195. The highest BCUT2D eigenvalue weighted by Crippen LogP contribution is 2.15. The molecule has 5 heteroatoms. The van der Waals surface area contributed by atoms with Crippen LogP contribution in [-0.2, 0) is 25.9 Å². The van der Waals surface area contributed by atoms with Crippen LogP contribution in [-0.4, -0.2) is 22.5 Å². The summed E-state index contributed by atoms with van der Waals surface area (Å²) in [6.45, 7) is 3.30. The van der Waals surface area contributed by atoms with Gasteiger partial charge in [-0.15, -0.1) is 0 Å². The van der Waals surface area contributed by atoms with Crippen LogP contribution in [0.5, 0.6) is 0 Å². The number of nitrogens with zero attached hydrogens (tertiary/aromatic N) is 1. The molecule has 4 rings (SSSR count). The highest BCUT2D eigenvalue weighted by molar-refractivity contribution is 5.80. The summed E-state index contributed by atoms with van der Waals surface area (Å²) in [5.74, 6) is 0. The van der Waals surface area contributed by atoms with Gasteiger partial charge < -0.3 is 15.2 Å². The minimum absolute atomic E-state index is 0.160. The van der Waals surface area contributed by atoms with Gasteiger partial charge in [0, 0.05) is 24.2 Å². The summed E-state index contributed by atoms with van der Waals surface area (Å²) in [6, 6.07) is 27.7. The number of benzene rings is 3. The number of amides is 2. The maximum absolute atomic E-state index is 13.1. The lowest BCUT2D eigenvalue weighted by atomic mass is 10.1. The summed E-state index contributed by atoms with van der Waals surface area (Å²) in [6.07, 6.45) is 1.64. The standard InChI is InChI=1S/C28H29N3O2/c1-2-21-13-14-26-24(17-21)18-25(27(32)30-26)20-31(16-15-22-9-5-3-6-10-22)28(33)29-19-23-11-7-4-8-12-23/h3-14,17-18H,2,15-16,19-20H2,1H3,(H,29,33)(H,30,32). The first kappa shape index (κ1) is 22.3. The number of hydrogen-bond donors (Lipinski definition) is 2. The van der Waals surface area contributed by atoms with E-state index < -0.39 is 0 Å². The Morgan fingerprint density at radius 3 is 2.27 bits per heavy atom. The van der Waals surface area contributed by atoms with Gasteiger partial charge in [-0.1, -0.05) is 73.7 Å². The number of carbonyl (C=O) groups excluding carboxylic acids is 1. The number of rotatable bonds is 8. The molecule has 33 heavy (non-hydrogen) atoms. The molecule has 0 bridgehead atoms. The minimum atomic E-state index is -0.184. The Bertz CT molecular complexity index is 1270. The molecule has 0 spiro atoms. The van der Waals surface area contributed by atoms with Crippen molar-refractivity contribution in [3.05, 3.63) is 118 Å². The van der Waals surface area contributed by atoms with Crippen LogP contribution >= 0.6 is 0 Å². The molecule has 168 valence electrons. The van der Waals surface area contributed by atoms with E-state index in [0.717, 1.165) is 28.5 Å². The Kier molecular flexibility index (Phi) is 7.20. The van der Waals surface area contributed by atoms with Gasteiger partial charge in [-0.05, 0) is 53.1 Å². The Morgan fingerprint density at radius 2 is 1.58 bits per heavy atom. The van der Waals surface area contributed by atoms with E-state index in [9.17, 15) is 9.59 Å². The third-order valence-electron chi connectivity index (χ3n) is 5.84. The molecule has 0 saturated carbocycles. The van der Waals surface area contributed by atoms with Gasteiger partial charge in [0.25, 0.3) is 5.56 Å². The third-order valence-corrected chi connectivity index (χ3v) is 5.84. The van der Waals surface area contributed by atoms with Crippen molar-refractivity contribution in [1.82, 2.24) is 15.2 Å². The molecule has 1 heterocycles. The monoisotopic (exact) mass is 439 g/mol. The first-order chi connectivity index (χ1) is 16.1. The number of carbonyl (C=O) groups is 1. The number of aryl methyl sites for hydroxylation is 1. The van der Waals surface area contributed by atoms with Crippen LogP contribution in [0, 0.1) is 0 Å². The molecule has 0 unspecified atom stereocenters. The first-order valence-electron chi connectivity index (χ1n) is 11.4. The van der Waals surface area contributed by atoms with E-state index >= 15 is 0 Å². The van der Waals surface area contributed by atoms with Crippen molar-refractivity contribution in [2.24, 2.45) is 0 Å². The molecule has 0 aliphatic rings. The Hall–Kier alpha value is -3.86. The minimum Gasteiger partial charge on any atom is -0.334 e. The number of aromatic nitrogens is 1. The zero-order chi connectivity index (χ0) is 23.0. The second kappa shape index (κ2) is 10.6. The molecule has 0 radical (unpaired) electrons. The second-order valence-corrected chi connectivity index (χ2v) is 8.20. The summed E-state index contributed by atoms with van der Waals surface area (Å²) in [4.78, 5) is 30.6. The Morgan fingerprint density at radius 1 is 0.879 bits per heavy atom. The van der Waals surface area contributed by atoms with Crippen LogP contribution in [0.2, 0.25) is 0 Å². The molecule has 0 saturated heterocycles. The Balaban J connectivity index is 1.55. The molecular weight excluding hydrogens is 410 g/mol. The van der Waals surface area contributed by atoms with Gasteiger partial charge in [0.05, 0.1) is 6.54 Å². The molecule has 5 nitrogen and oxygen atoms in total. The highest BCUT2D eigenvalue weighted by atomic mass is 16.2. The normalized spacial score (nSPS) is 10.8. The van der Waals surface area contributed by atoms with Gasteiger partial charge in [0.2, 0.25) is 0 Å². The zero-order valence-electron chi connectivity index (χ0n) is 18.9. The van der Waals surface area contributed by atoms with E-state index in [-0.39, 0.29) is 18.1 Å². The number of fused-ring (bicyclic) bond motifs is 1. The zero-order valence-corrected chi connectivity index (χ0v) is 18.9. The fraction of sp³-hybridized carbons (Fsp3) is 0.214. The average molecular weight is 440 g/mol. The summed E-state index contributed by atoms with van der Waals surface area (Å²) < 4.78 is 0. The molecule has 0 atom stereocenters. The predicted molar refractivity (Wildman–Crippen MR) is 133 cm³/mol. The highest BCUT2D eigenvalue weighted by Gasteiger charge is 2.16. The van der Waals surface area contributed by atoms with E-state index in [1.807, 2.05) is 66.7 Å². The quantitative estimate of drug-likeness (QED) is 0.404. The number of H-pyrrole nitrogens is 1. The smallest absolute Gasteiger partial charge is 0.317 e. The van der Waals surface area contributed by atoms with Gasteiger partial charge in [0.1, 0.15) is 0 Å². The third kappa shape index (κ3) is 5.89. The molecule has 2 N–H and O–H groups in total. The number of nitrogens with one attached hydrogen (secondary N) is 2. The maximum Gasteiger partial charge on any atom is 0.317 e. The largest absolute Gasteiger partial charge is 0.334 e. The van der Waals surface area contributed by atoms with Gasteiger partial charge in [-0.3, -0.25) is 4.79 Å². The van der Waals surface area contributed by atoms with Gasteiger partial charge in [-0.2, -0.15) is 0 Å². The van der Waals surface area contributed by atoms with E-state index in [0.29, 0.717) is 25.1 Å². The van der Waals surface area contributed by atoms with Crippen LogP contribution in [0.1, 0.15) is 29.2 Å². The number of urea groups is 1. The fourth-order valence-corrected chi connectivity index (χ4v) is 3.89. The van der Waals surface area contributed by atoms with Crippen molar-refractivity contribution in [2.75, 3.05) is 6.54 Å². The number of pyridine rings is 1. The van der Waals surface area contributed by atoms with Crippen molar-refractivity contribution in [2.45, 2.75) is 32.9 Å². The van der Waals surface area contributed by atoms with Crippen molar-refractivity contribution < 1.29 is 4.79 Å². The summed E-state index contributed by atoms with van der Waals surface area (Å²) in [7, 11) is 0. The van der Waals surface area contributed by atoms with Crippen LogP contribution in [0.15, 0.2) is 89.7 Å². The van der Waals surface area contributed by atoms with Crippen LogP contribution < -0.4 is 10.9 Å². The summed E-state index contributed by atoms with van der Waals surface area (Å²) in [5, 5.41) is 3.99. The molecule has 0 aliphatic heterocycles. The lowest BCUT2D eigenvalue weighted by Crippen LogP contribution is -2.41. The molecule has 2 amide bonds. The topological polar surface area (TPSA) is 65.2 Å². The predicted octanol–water partition coefficient (Wildman–Crippen LogP) is 5.05. The first-order valence-corrected chi connectivity index (χ1v) is 11.4. The van der Waals surface area contributed by atoms with Crippen LogP contribution in [0.4, 0.5) is 4.79 Å². The average Bonchev–Trinajstić information content (AvgIpc) is 2.86. The fourth-order valence-electron chi connectivity index (χ4n) is 3.89. The van der Waals surface area contributed by atoms with Crippen molar-refractivity contribution >= 4 is 16.9 Å². The maximum atomic E-state index is 13.1. The Labute approximate surface area is 194 Å². The summed E-state index contributed by atoms with van der Waals surface area (Å²) >= 11 is 0. The SMILES string of the molecule is CCc1ccc2[nH]c(=O)c(CN(CCc3ccccc3)C(=O)NCc3ccccc3)cc2c1. The second-order valence-electron chi connectivity index (χ2n) is 8.20. The lowest BCUT2D eigenvalue weighted by Gasteiger charge is -2.23. The van der Waals surface area contributed by atoms with Crippen molar-refractivity contribution in [3.63, 3.8) is 0 Å². The van der Waals surface area contributed by atoms with Gasteiger partial charge in [-0.25, -0.2) is 4.79 Å². The van der Waals surface area contributed by atoms with Crippen LogP contribution in [0.3, 0.4) is 0 Å².